The number of sulfone groups is 1. The maximum Gasteiger partial charge on any atom is 0.251 e. The molecule has 7 heteroatoms. The molecule has 0 unspecified atom stereocenters. The van der Waals surface area contributed by atoms with E-state index in [1.807, 2.05) is 19.1 Å². The lowest BCUT2D eigenvalue weighted by atomic mass is 10.1. The Bertz CT molecular complexity index is 1080. The lowest BCUT2D eigenvalue weighted by Gasteiger charge is -2.18. The van der Waals surface area contributed by atoms with E-state index in [0.29, 0.717) is 10.4 Å². The van der Waals surface area contributed by atoms with Gasteiger partial charge in [-0.25, -0.2) is 12.8 Å². The molecule has 1 N–H and O–H groups in total. The fourth-order valence-electron chi connectivity index (χ4n) is 2.79. The lowest BCUT2D eigenvalue weighted by molar-refractivity contribution is 0.0953. The fourth-order valence-corrected chi connectivity index (χ4v) is 5.66. The van der Waals surface area contributed by atoms with Gasteiger partial charge in [0.1, 0.15) is 11.1 Å². The van der Waals surface area contributed by atoms with Gasteiger partial charge in [0, 0.05) is 17.0 Å². The zero-order valence-corrected chi connectivity index (χ0v) is 17.1. The number of rotatable bonds is 6. The van der Waals surface area contributed by atoms with Crippen molar-refractivity contribution in [3.63, 3.8) is 0 Å². The highest BCUT2D eigenvalue weighted by atomic mass is 32.2. The Kier molecular flexibility index (Phi) is 5.96. The summed E-state index contributed by atoms with van der Waals surface area (Å²) in [6.07, 6.45) is 0. The molecule has 1 aromatic heterocycles. The molecular weight excluding hydrogens is 397 g/mol. The van der Waals surface area contributed by atoms with Crippen molar-refractivity contribution in [1.82, 2.24) is 5.32 Å². The molecule has 0 aliphatic rings. The minimum atomic E-state index is -3.82. The van der Waals surface area contributed by atoms with Crippen LogP contribution in [0.3, 0.4) is 0 Å². The molecule has 146 valence electrons. The number of hydrogen-bond donors (Lipinski definition) is 1. The SMILES string of the molecule is Cc1ccc(C(=O)NC[C@H](c2cccs2)S(=O)(=O)c2ccc(F)c(C)c2)cc1. The number of aryl methyl sites for hydroxylation is 2. The number of halogens is 1. The third-order valence-electron chi connectivity index (χ3n) is 4.45. The largest absolute Gasteiger partial charge is 0.350 e. The van der Waals surface area contributed by atoms with Crippen LogP contribution < -0.4 is 5.32 Å². The molecule has 0 saturated carbocycles. The van der Waals surface area contributed by atoms with Gasteiger partial charge in [0.25, 0.3) is 5.91 Å². The second kappa shape index (κ2) is 8.24. The Balaban J connectivity index is 1.88. The molecule has 0 spiro atoms. The molecule has 4 nitrogen and oxygen atoms in total. The first-order chi connectivity index (χ1) is 13.3. The number of amides is 1. The summed E-state index contributed by atoms with van der Waals surface area (Å²) < 4.78 is 40.0. The molecule has 3 rings (SSSR count). The summed E-state index contributed by atoms with van der Waals surface area (Å²) in [6.45, 7) is 3.37. The van der Waals surface area contributed by atoms with E-state index in [4.69, 9.17) is 0 Å². The molecule has 0 fully saturated rings. The minimum absolute atomic E-state index is 0.0365. The van der Waals surface area contributed by atoms with Gasteiger partial charge < -0.3 is 5.32 Å². The van der Waals surface area contributed by atoms with E-state index in [0.717, 1.165) is 11.6 Å². The van der Waals surface area contributed by atoms with E-state index in [-0.39, 0.29) is 22.9 Å². The predicted octanol–water partition coefficient (Wildman–Crippen LogP) is 4.45. The molecule has 1 amide bonds. The summed E-state index contributed by atoms with van der Waals surface area (Å²) >= 11 is 1.30. The topological polar surface area (TPSA) is 63.2 Å². The predicted molar refractivity (Wildman–Crippen MR) is 109 cm³/mol. The Morgan fingerprint density at radius 2 is 1.82 bits per heavy atom. The standard InChI is InChI=1S/C21H20FNO3S2/c1-14-5-7-16(8-6-14)21(24)23-13-20(19-4-3-11-27-19)28(25,26)17-9-10-18(22)15(2)12-17/h3-12,20H,13H2,1-2H3,(H,23,24)/t20-/m1/s1. The number of nitrogens with one attached hydrogen (secondary N) is 1. The number of carbonyl (C=O) groups is 1. The summed E-state index contributed by atoms with van der Waals surface area (Å²) in [5, 5.41) is 3.56. The third kappa shape index (κ3) is 4.31. The van der Waals surface area contributed by atoms with Crippen LogP contribution in [0.1, 0.15) is 31.6 Å². The van der Waals surface area contributed by atoms with Gasteiger partial charge in [-0.05, 0) is 61.2 Å². The minimum Gasteiger partial charge on any atom is -0.350 e. The molecule has 1 atom stereocenters. The van der Waals surface area contributed by atoms with Gasteiger partial charge in [-0.3, -0.25) is 4.79 Å². The normalized spacial score (nSPS) is 12.5. The van der Waals surface area contributed by atoms with E-state index in [9.17, 15) is 17.6 Å². The molecule has 3 aromatic rings. The van der Waals surface area contributed by atoms with Crippen molar-refractivity contribution >= 4 is 27.1 Å². The van der Waals surface area contributed by atoms with Crippen LogP contribution in [0.5, 0.6) is 0 Å². The van der Waals surface area contributed by atoms with Crippen molar-refractivity contribution in [2.24, 2.45) is 0 Å². The molecule has 0 aliphatic heterocycles. The average molecular weight is 418 g/mol. The molecule has 28 heavy (non-hydrogen) atoms. The van der Waals surface area contributed by atoms with Crippen molar-refractivity contribution in [2.75, 3.05) is 6.54 Å². The molecule has 0 bridgehead atoms. The quantitative estimate of drug-likeness (QED) is 0.603. The highest BCUT2D eigenvalue weighted by molar-refractivity contribution is 7.91. The van der Waals surface area contributed by atoms with E-state index in [1.165, 1.54) is 30.4 Å². The van der Waals surface area contributed by atoms with Gasteiger partial charge >= 0.3 is 0 Å². The van der Waals surface area contributed by atoms with Gasteiger partial charge in [0.15, 0.2) is 9.84 Å². The van der Waals surface area contributed by atoms with Crippen LogP contribution in [0.2, 0.25) is 0 Å². The highest BCUT2D eigenvalue weighted by Gasteiger charge is 2.31. The van der Waals surface area contributed by atoms with Crippen LogP contribution in [0.4, 0.5) is 4.39 Å². The molecule has 0 aliphatic carbocycles. The van der Waals surface area contributed by atoms with Crippen LogP contribution >= 0.6 is 11.3 Å². The molecule has 2 aromatic carbocycles. The van der Waals surface area contributed by atoms with E-state index in [2.05, 4.69) is 5.32 Å². The summed E-state index contributed by atoms with van der Waals surface area (Å²) in [7, 11) is -3.82. The maximum absolute atomic E-state index is 13.6. The average Bonchev–Trinajstić information content (AvgIpc) is 3.18. The molecule has 0 saturated heterocycles. The van der Waals surface area contributed by atoms with Crippen LogP contribution in [-0.2, 0) is 9.84 Å². The Morgan fingerprint density at radius 1 is 1.11 bits per heavy atom. The van der Waals surface area contributed by atoms with E-state index in [1.54, 1.807) is 29.6 Å². The van der Waals surface area contributed by atoms with Gasteiger partial charge in [-0.1, -0.05) is 23.8 Å². The fraction of sp³-hybridized carbons (Fsp3) is 0.190. The van der Waals surface area contributed by atoms with Crippen LogP contribution in [0.15, 0.2) is 64.9 Å². The lowest BCUT2D eigenvalue weighted by Crippen LogP contribution is -2.31. The van der Waals surface area contributed by atoms with Gasteiger partial charge in [0.05, 0.1) is 4.90 Å². The monoisotopic (exact) mass is 417 g/mol. The van der Waals surface area contributed by atoms with Gasteiger partial charge in [0.2, 0.25) is 0 Å². The number of benzene rings is 2. The van der Waals surface area contributed by atoms with Crippen molar-refractivity contribution < 1.29 is 17.6 Å². The number of hydrogen-bond acceptors (Lipinski definition) is 4. The first kappa shape index (κ1) is 20.2. The zero-order valence-electron chi connectivity index (χ0n) is 15.5. The van der Waals surface area contributed by atoms with Crippen molar-refractivity contribution in [3.8, 4) is 0 Å². The first-order valence-electron chi connectivity index (χ1n) is 8.67. The van der Waals surface area contributed by atoms with E-state index < -0.39 is 20.9 Å². The molecular formula is C21H20FNO3S2. The summed E-state index contributed by atoms with van der Waals surface area (Å²) in [4.78, 5) is 13.1. The second-order valence-corrected chi connectivity index (χ2v) is 9.65. The highest BCUT2D eigenvalue weighted by Crippen LogP contribution is 2.32. The summed E-state index contributed by atoms with van der Waals surface area (Å²) in [5.74, 6) is -0.800. The van der Waals surface area contributed by atoms with Crippen LogP contribution in [-0.4, -0.2) is 20.9 Å². The summed E-state index contributed by atoms with van der Waals surface area (Å²) in [6, 6.07) is 14.3. The van der Waals surface area contributed by atoms with Crippen LogP contribution in [0, 0.1) is 19.7 Å². The van der Waals surface area contributed by atoms with E-state index >= 15 is 0 Å². The smallest absolute Gasteiger partial charge is 0.251 e. The third-order valence-corrected chi connectivity index (χ3v) is 7.67. The number of carbonyl (C=O) groups excluding carboxylic acids is 1. The Hall–Kier alpha value is -2.51. The second-order valence-electron chi connectivity index (χ2n) is 6.54. The maximum atomic E-state index is 13.6. The van der Waals surface area contributed by atoms with Gasteiger partial charge in [-0.2, -0.15) is 0 Å². The van der Waals surface area contributed by atoms with Crippen molar-refractivity contribution in [2.45, 2.75) is 24.0 Å². The Labute approximate surface area is 168 Å². The molecule has 0 radical (unpaired) electrons. The van der Waals surface area contributed by atoms with Gasteiger partial charge in [-0.15, -0.1) is 11.3 Å². The zero-order chi connectivity index (χ0) is 20.3. The van der Waals surface area contributed by atoms with Crippen LogP contribution in [0.25, 0.3) is 0 Å². The number of thiophene rings is 1. The van der Waals surface area contributed by atoms with Crippen molar-refractivity contribution in [1.29, 1.82) is 0 Å². The van der Waals surface area contributed by atoms with Crippen molar-refractivity contribution in [3.05, 3.63) is 87.4 Å². The summed E-state index contributed by atoms with van der Waals surface area (Å²) in [5.41, 5.74) is 1.75. The molecule has 1 heterocycles. The first-order valence-corrected chi connectivity index (χ1v) is 11.1. The Morgan fingerprint density at radius 3 is 2.43 bits per heavy atom.